The standard InChI is InChI=1S/C8H9F3O3/c9-8(10,11)7-2-6(3-7,4-14-7)1-5(12)13/h1-4H2,(H,12,13). The van der Waals surface area contributed by atoms with Crippen molar-refractivity contribution in [3.05, 3.63) is 0 Å². The number of hydrogen-bond donors (Lipinski definition) is 1. The molecular formula is C8H9F3O3. The molecule has 1 N–H and O–H groups in total. The molecule has 2 bridgehead atoms. The van der Waals surface area contributed by atoms with E-state index < -0.39 is 23.2 Å². The number of carboxylic acids is 1. The molecule has 3 rings (SSSR count). The lowest BCUT2D eigenvalue weighted by Gasteiger charge is -2.44. The van der Waals surface area contributed by atoms with Gasteiger partial charge in [0.15, 0.2) is 5.60 Å². The molecule has 80 valence electrons. The highest BCUT2D eigenvalue weighted by Gasteiger charge is 2.74. The fourth-order valence-corrected chi connectivity index (χ4v) is 2.43. The van der Waals surface area contributed by atoms with Crippen LogP contribution in [-0.4, -0.2) is 29.5 Å². The third-order valence-electron chi connectivity index (χ3n) is 3.02. The third-order valence-corrected chi connectivity index (χ3v) is 3.02. The summed E-state index contributed by atoms with van der Waals surface area (Å²) in [7, 11) is 0. The lowest BCUT2D eigenvalue weighted by Crippen LogP contribution is -2.54. The number of rotatable bonds is 2. The predicted molar refractivity (Wildman–Crippen MR) is 38.7 cm³/mol. The number of carboxylic acid groups (broad SMARTS) is 1. The summed E-state index contributed by atoms with van der Waals surface area (Å²) >= 11 is 0. The van der Waals surface area contributed by atoms with Crippen LogP contribution in [0.4, 0.5) is 13.2 Å². The maximum absolute atomic E-state index is 12.4. The monoisotopic (exact) mass is 210 g/mol. The zero-order chi connectivity index (χ0) is 10.6. The number of ether oxygens (including phenoxy) is 1. The van der Waals surface area contributed by atoms with Crippen molar-refractivity contribution in [3.63, 3.8) is 0 Å². The number of carbonyl (C=O) groups is 1. The molecule has 6 heteroatoms. The summed E-state index contributed by atoms with van der Waals surface area (Å²) in [6.45, 7) is -0.0845. The number of halogens is 3. The van der Waals surface area contributed by atoms with Crippen molar-refractivity contribution in [3.8, 4) is 0 Å². The Labute approximate surface area is 77.8 Å². The van der Waals surface area contributed by atoms with Crippen LogP contribution < -0.4 is 0 Å². The minimum absolute atomic E-state index is 0.0845. The van der Waals surface area contributed by atoms with Crippen LogP contribution in [0.3, 0.4) is 0 Å². The molecule has 0 unspecified atom stereocenters. The molecule has 0 aromatic carbocycles. The topological polar surface area (TPSA) is 46.5 Å². The molecule has 0 aromatic rings. The second-order valence-corrected chi connectivity index (χ2v) is 4.20. The van der Waals surface area contributed by atoms with Gasteiger partial charge < -0.3 is 9.84 Å². The van der Waals surface area contributed by atoms with E-state index in [1.54, 1.807) is 0 Å². The van der Waals surface area contributed by atoms with E-state index in [1.165, 1.54) is 0 Å². The Balaban J connectivity index is 2.08. The van der Waals surface area contributed by atoms with Crippen LogP contribution in [0, 0.1) is 5.41 Å². The molecular weight excluding hydrogens is 201 g/mol. The van der Waals surface area contributed by atoms with Crippen molar-refractivity contribution < 1.29 is 27.8 Å². The van der Waals surface area contributed by atoms with E-state index in [9.17, 15) is 18.0 Å². The maximum atomic E-state index is 12.4. The first-order valence-corrected chi connectivity index (χ1v) is 4.21. The van der Waals surface area contributed by atoms with E-state index in [4.69, 9.17) is 9.84 Å². The highest BCUT2D eigenvalue weighted by Crippen LogP contribution is 2.65. The van der Waals surface area contributed by atoms with Crippen molar-refractivity contribution >= 4 is 5.97 Å². The number of fused-ring (bicyclic) bond motifs is 1. The molecule has 3 fully saturated rings. The normalized spacial score (nSPS) is 40.8. The Kier molecular flexibility index (Phi) is 1.69. The summed E-state index contributed by atoms with van der Waals surface area (Å²) < 4.78 is 41.9. The number of alkyl halides is 3. The number of hydrogen-bond acceptors (Lipinski definition) is 2. The van der Waals surface area contributed by atoms with Crippen LogP contribution >= 0.6 is 0 Å². The molecule has 0 spiro atoms. The first kappa shape index (κ1) is 9.76. The number of aliphatic carboxylic acids is 1. The van der Waals surface area contributed by atoms with Crippen LogP contribution in [0.2, 0.25) is 0 Å². The Bertz CT molecular complexity index is 278. The molecule has 3 nitrogen and oxygen atoms in total. The molecule has 3 aliphatic rings. The third kappa shape index (κ3) is 1.13. The first-order valence-electron chi connectivity index (χ1n) is 4.21. The van der Waals surface area contributed by atoms with E-state index >= 15 is 0 Å². The average Bonchev–Trinajstić information content (AvgIpc) is 2.37. The zero-order valence-corrected chi connectivity index (χ0v) is 7.23. The summed E-state index contributed by atoms with van der Waals surface area (Å²) in [5, 5.41) is 8.51. The molecule has 14 heavy (non-hydrogen) atoms. The van der Waals surface area contributed by atoms with Crippen molar-refractivity contribution in [1.82, 2.24) is 0 Å². The fourth-order valence-electron chi connectivity index (χ4n) is 2.43. The second kappa shape index (κ2) is 2.42. The van der Waals surface area contributed by atoms with Crippen LogP contribution in [0.15, 0.2) is 0 Å². The highest BCUT2D eigenvalue weighted by molar-refractivity contribution is 5.68. The van der Waals surface area contributed by atoms with Crippen molar-refractivity contribution in [2.75, 3.05) is 6.61 Å². The van der Waals surface area contributed by atoms with Gasteiger partial charge in [-0.3, -0.25) is 4.79 Å². The Morgan fingerprint density at radius 1 is 1.43 bits per heavy atom. The SMILES string of the molecule is O=C(O)CC12COC(C(F)(F)F)(C1)C2. The minimum Gasteiger partial charge on any atom is -0.481 e. The van der Waals surface area contributed by atoms with Crippen molar-refractivity contribution in [2.24, 2.45) is 5.41 Å². The highest BCUT2D eigenvalue weighted by atomic mass is 19.4. The van der Waals surface area contributed by atoms with Gasteiger partial charge in [0.25, 0.3) is 0 Å². The van der Waals surface area contributed by atoms with Gasteiger partial charge in [0.1, 0.15) is 0 Å². The smallest absolute Gasteiger partial charge is 0.417 e. The molecule has 1 saturated carbocycles. The van der Waals surface area contributed by atoms with Gasteiger partial charge in [0.05, 0.1) is 13.0 Å². The average molecular weight is 210 g/mol. The summed E-state index contributed by atoms with van der Waals surface area (Å²) in [5.74, 6) is -1.06. The van der Waals surface area contributed by atoms with Gasteiger partial charge in [-0.1, -0.05) is 0 Å². The van der Waals surface area contributed by atoms with Gasteiger partial charge >= 0.3 is 12.1 Å². The van der Waals surface area contributed by atoms with Gasteiger partial charge in [-0.2, -0.15) is 13.2 Å². The fraction of sp³-hybridized carbons (Fsp3) is 0.875. The van der Waals surface area contributed by atoms with E-state index in [2.05, 4.69) is 0 Å². The Hall–Kier alpha value is -0.780. The maximum Gasteiger partial charge on any atom is 0.417 e. The van der Waals surface area contributed by atoms with Gasteiger partial charge in [-0.25, -0.2) is 0 Å². The molecule has 1 aliphatic carbocycles. The lowest BCUT2D eigenvalue weighted by atomic mass is 9.60. The molecule has 0 aromatic heterocycles. The van der Waals surface area contributed by atoms with E-state index in [1.807, 2.05) is 0 Å². The van der Waals surface area contributed by atoms with Crippen LogP contribution in [0.1, 0.15) is 19.3 Å². The van der Waals surface area contributed by atoms with E-state index in [0.717, 1.165) is 0 Å². The minimum atomic E-state index is -4.37. The van der Waals surface area contributed by atoms with Gasteiger partial charge in [0, 0.05) is 5.41 Å². The summed E-state index contributed by atoms with van der Waals surface area (Å²) in [4.78, 5) is 10.4. The summed E-state index contributed by atoms with van der Waals surface area (Å²) in [5.41, 5.74) is -2.80. The molecule has 0 atom stereocenters. The first-order chi connectivity index (χ1) is 6.29. The summed E-state index contributed by atoms with van der Waals surface area (Å²) in [6, 6.07) is 0. The quantitative estimate of drug-likeness (QED) is 0.752. The van der Waals surface area contributed by atoms with Crippen LogP contribution in [0.25, 0.3) is 0 Å². The van der Waals surface area contributed by atoms with Crippen molar-refractivity contribution in [2.45, 2.75) is 31.0 Å². The second-order valence-electron chi connectivity index (χ2n) is 4.20. The summed E-state index contributed by atoms with van der Waals surface area (Å²) in [6.07, 6.45) is -5.00. The van der Waals surface area contributed by atoms with E-state index in [0.29, 0.717) is 0 Å². The van der Waals surface area contributed by atoms with Crippen molar-refractivity contribution in [1.29, 1.82) is 0 Å². The van der Waals surface area contributed by atoms with Gasteiger partial charge in [-0.05, 0) is 12.8 Å². The Morgan fingerprint density at radius 3 is 2.36 bits per heavy atom. The van der Waals surface area contributed by atoms with E-state index in [-0.39, 0.29) is 25.9 Å². The van der Waals surface area contributed by atoms with Gasteiger partial charge in [0.2, 0.25) is 0 Å². The molecule has 2 aliphatic heterocycles. The molecule has 2 heterocycles. The Morgan fingerprint density at radius 2 is 2.00 bits per heavy atom. The largest absolute Gasteiger partial charge is 0.481 e. The molecule has 0 amide bonds. The zero-order valence-electron chi connectivity index (χ0n) is 7.23. The van der Waals surface area contributed by atoms with Gasteiger partial charge in [-0.15, -0.1) is 0 Å². The molecule has 2 saturated heterocycles. The molecule has 0 radical (unpaired) electrons. The predicted octanol–water partition coefficient (Wildman–Crippen LogP) is 1.57. The lowest BCUT2D eigenvalue weighted by molar-refractivity contribution is -0.277. The van der Waals surface area contributed by atoms with Crippen LogP contribution in [-0.2, 0) is 9.53 Å². The van der Waals surface area contributed by atoms with Crippen LogP contribution in [0.5, 0.6) is 0 Å².